The Morgan fingerprint density at radius 2 is 2.24 bits per heavy atom. The molecule has 3 nitrogen and oxygen atoms in total. The number of halogens is 1. The van der Waals surface area contributed by atoms with E-state index in [-0.39, 0.29) is 11.9 Å². The SMILES string of the molecule is CC(C)C(N)CCN(C)C(=O)c1cc(Br)cs1. The van der Waals surface area contributed by atoms with Crippen molar-refractivity contribution in [2.75, 3.05) is 13.6 Å². The van der Waals surface area contributed by atoms with E-state index >= 15 is 0 Å². The summed E-state index contributed by atoms with van der Waals surface area (Å²) < 4.78 is 0.957. The van der Waals surface area contributed by atoms with Gasteiger partial charge in [0.1, 0.15) is 0 Å². The minimum atomic E-state index is 0.0663. The van der Waals surface area contributed by atoms with E-state index in [1.54, 1.807) is 4.90 Å². The summed E-state index contributed by atoms with van der Waals surface area (Å²) in [5.74, 6) is 0.519. The first-order valence-electron chi connectivity index (χ1n) is 5.67. The van der Waals surface area contributed by atoms with Crippen LogP contribution in [0.4, 0.5) is 0 Å². The highest BCUT2D eigenvalue weighted by Crippen LogP contribution is 2.21. The molecular weight excluding hydrogens is 300 g/mol. The summed E-state index contributed by atoms with van der Waals surface area (Å²) in [7, 11) is 1.82. The molecule has 0 saturated carbocycles. The van der Waals surface area contributed by atoms with E-state index in [0.717, 1.165) is 15.8 Å². The molecule has 1 heterocycles. The molecule has 0 bridgehead atoms. The van der Waals surface area contributed by atoms with Gasteiger partial charge in [0.25, 0.3) is 5.91 Å². The number of hydrogen-bond donors (Lipinski definition) is 1. The Bertz CT molecular complexity index is 378. The fourth-order valence-electron chi connectivity index (χ4n) is 1.39. The molecule has 0 fully saturated rings. The zero-order valence-corrected chi connectivity index (χ0v) is 12.8. The van der Waals surface area contributed by atoms with Gasteiger partial charge < -0.3 is 10.6 Å². The van der Waals surface area contributed by atoms with Crippen molar-refractivity contribution in [3.63, 3.8) is 0 Å². The lowest BCUT2D eigenvalue weighted by Gasteiger charge is -2.21. The smallest absolute Gasteiger partial charge is 0.263 e. The minimum absolute atomic E-state index is 0.0663. The van der Waals surface area contributed by atoms with Gasteiger partial charge >= 0.3 is 0 Å². The van der Waals surface area contributed by atoms with Crippen LogP contribution in [0.15, 0.2) is 15.9 Å². The maximum atomic E-state index is 12.0. The van der Waals surface area contributed by atoms with Crippen molar-refractivity contribution in [2.45, 2.75) is 26.3 Å². The molecule has 1 aromatic heterocycles. The molecule has 96 valence electrons. The second-order valence-electron chi connectivity index (χ2n) is 4.55. The molecule has 0 aromatic carbocycles. The molecule has 0 radical (unpaired) electrons. The third-order valence-electron chi connectivity index (χ3n) is 2.78. The van der Waals surface area contributed by atoms with Gasteiger partial charge in [0.2, 0.25) is 0 Å². The fraction of sp³-hybridized carbons (Fsp3) is 0.583. The summed E-state index contributed by atoms with van der Waals surface area (Å²) in [5.41, 5.74) is 5.96. The molecular formula is C12H19BrN2OS. The largest absolute Gasteiger partial charge is 0.341 e. The van der Waals surface area contributed by atoms with Crippen LogP contribution in [0.1, 0.15) is 29.9 Å². The quantitative estimate of drug-likeness (QED) is 0.907. The van der Waals surface area contributed by atoms with E-state index < -0.39 is 0 Å². The molecule has 1 unspecified atom stereocenters. The van der Waals surface area contributed by atoms with Gasteiger partial charge in [-0.3, -0.25) is 4.79 Å². The summed E-state index contributed by atoms with van der Waals surface area (Å²) in [6.45, 7) is 4.90. The maximum Gasteiger partial charge on any atom is 0.263 e. The molecule has 5 heteroatoms. The maximum absolute atomic E-state index is 12.0. The summed E-state index contributed by atoms with van der Waals surface area (Å²) in [6, 6.07) is 2.01. The Kier molecular flexibility index (Phi) is 5.62. The van der Waals surface area contributed by atoms with Crippen molar-refractivity contribution in [1.82, 2.24) is 4.90 Å². The topological polar surface area (TPSA) is 46.3 Å². The second kappa shape index (κ2) is 6.52. The van der Waals surface area contributed by atoms with Crippen LogP contribution in [-0.4, -0.2) is 30.4 Å². The lowest BCUT2D eigenvalue weighted by molar-refractivity contribution is 0.0794. The Hall–Kier alpha value is -0.390. The van der Waals surface area contributed by atoms with Crippen LogP contribution in [0.5, 0.6) is 0 Å². The van der Waals surface area contributed by atoms with Crippen LogP contribution < -0.4 is 5.73 Å². The second-order valence-corrected chi connectivity index (χ2v) is 6.38. The molecule has 0 saturated heterocycles. The third kappa shape index (κ3) is 4.41. The molecule has 0 aliphatic rings. The van der Waals surface area contributed by atoms with E-state index in [4.69, 9.17) is 5.73 Å². The molecule has 1 amide bonds. The summed E-state index contributed by atoms with van der Waals surface area (Å²) in [4.78, 5) is 14.5. The van der Waals surface area contributed by atoms with E-state index in [9.17, 15) is 4.79 Å². The molecule has 0 aliphatic heterocycles. The van der Waals surface area contributed by atoms with Crippen molar-refractivity contribution in [3.05, 3.63) is 20.8 Å². The van der Waals surface area contributed by atoms with Crippen LogP contribution in [-0.2, 0) is 0 Å². The number of rotatable bonds is 5. The lowest BCUT2D eigenvalue weighted by atomic mass is 10.0. The number of amides is 1. The Labute approximate surface area is 115 Å². The van der Waals surface area contributed by atoms with Crippen molar-refractivity contribution < 1.29 is 4.79 Å². The van der Waals surface area contributed by atoms with Crippen LogP contribution in [0.3, 0.4) is 0 Å². The fourth-order valence-corrected chi connectivity index (χ4v) is 2.81. The first-order valence-corrected chi connectivity index (χ1v) is 7.34. The highest BCUT2D eigenvalue weighted by atomic mass is 79.9. The standard InChI is InChI=1S/C12H19BrN2OS/c1-8(2)10(14)4-5-15(3)12(16)11-6-9(13)7-17-11/h6-8,10H,4-5,14H2,1-3H3. The monoisotopic (exact) mass is 318 g/mol. The molecule has 0 spiro atoms. The van der Waals surface area contributed by atoms with Gasteiger partial charge in [0.15, 0.2) is 0 Å². The van der Waals surface area contributed by atoms with Gasteiger partial charge in [-0.2, -0.15) is 0 Å². The predicted octanol–water partition coefficient (Wildman–Crippen LogP) is 2.96. The summed E-state index contributed by atoms with van der Waals surface area (Å²) in [6.07, 6.45) is 0.840. The van der Waals surface area contributed by atoms with Gasteiger partial charge in [-0.05, 0) is 34.3 Å². The summed E-state index contributed by atoms with van der Waals surface area (Å²) in [5, 5.41) is 1.92. The number of carbonyl (C=O) groups excluding carboxylic acids is 1. The average molecular weight is 319 g/mol. The van der Waals surface area contributed by atoms with E-state index in [1.165, 1.54) is 11.3 Å². The first kappa shape index (κ1) is 14.7. The van der Waals surface area contributed by atoms with Crippen molar-refractivity contribution in [1.29, 1.82) is 0 Å². The van der Waals surface area contributed by atoms with E-state index in [1.807, 2.05) is 18.5 Å². The molecule has 17 heavy (non-hydrogen) atoms. The number of thiophene rings is 1. The average Bonchev–Trinajstić information content (AvgIpc) is 2.70. The Morgan fingerprint density at radius 1 is 1.59 bits per heavy atom. The zero-order chi connectivity index (χ0) is 13.0. The normalized spacial score (nSPS) is 12.8. The summed E-state index contributed by atoms with van der Waals surface area (Å²) >= 11 is 4.81. The van der Waals surface area contributed by atoms with E-state index in [0.29, 0.717) is 12.5 Å². The molecule has 1 rings (SSSR count). The Morgan fingerprint density at radius 3 is 2.71 bits per heavy atom. The number of nitrogens with two attached hydrogens (primary N) is 1. The van der Waals surface area contributed by atoms with Crippen LogP contribution in [0.2, 0.25) is 0 Å². The lowest BCUT2D eigenvalue weighted by Crippen LogP contribution is -2.34. The van der Waals surface area contributed by atoms with E-state index in [2.05, 4.69) is 29.8 Å². The van der Waals surface area contributed by atoms with Gasteiger partial charge in [-0.15, -0.1) is 11.3 Å². The van der Waals surface area contributed by atoms with Crippen molar-refractivity contribution in [3.8, 4) is 0 Å². The van der Waals surface area contributed by atoms with Crippen molar-refractivity contribution >= 4 is 33.2 Å². The van der Waals surface area contributed by atoms with Crippen LogP contribution in [0, 0.1) is 5.92 Å². The molecule has 0 aliphatic carbocycles. The predicted molar refractivity (Wildman–Crippen MR) is 76.4 cm³/mol. The zero-order valence-electron chi connectivity index (χ0n) is 10.4. The van der Waals surface area contributed by atoms with Crippen molar-refractivity contribution in [2.24, 2.45) is 11.7 Å². The number of nitrogens with zero attached hydrogens (tertiary/aromatic N) is 1. The highest BCUT2D eigenvalue weighted by Gasteiger charge is 2.15. The van der Waals surface area contributed by atoms with Gasteiger partial charge in [-0.1, -0.05) is 13.8 Å². The highest BCUT2D eigenvalue weighted by molar-refractivity contribution is 9.10. The number of carbonyl (C=O) groups is 1. The van der Waals surface area contributed by atoms with Gasteiger partial charge in [-0.25, -0.2) is 0 Å². The van der Waals surface area contributed by atoms with Gasteiger partial charge in [0.05, 0.1) is 4.88 Å². The number of hydrogen-bond acceptors (Lipinski definition) is 3. The third-order valence-corrected chi connectivity index (χ3v) is 4.46. The Balaban J connectivity index is 2.48. The molecule has 1 atom stereocenters. The molecule has 2 N–H and O–H groups in total. The molecule has 1 aromatic rings. The van der Waals surface area contributed by atoms with Crippen LogP contribution in [0.25, 0.3) is 0 Å². The minimum Gasteiger partial charge on any atom is -0.341 e. The first-order chi connectivity index (χ1) is 7.91. The van der Waals surface area contributed by atoms with Crippen LogP contribution >= 0.6 is 27.3 Å². The van der Waals surface area contributed by atoms with Gasteiger partial charge in [0, 0.05) is 29.5 Å².